The lowest BCUT2D eigenvalue weighted by atomic mass is 9.80. The van der Waals surface area contributed by atoms with Gasteiger partial charge in [-0.15, -0.1) is 0 Å². The summed E-state index contributed by atoms with van der Waals surface area (Å²) in [4.78, 5) is 0. The molecular weight excluding hydrogens is 661 g/mol. The van der Waals surface area contributed by atoms with E-state index in [-0.39, 0.29) is 5.41 Å². The van der Waals surface area contributed by atoms with Crippen LogP contribution in [0.1, 0.15) is 25.0 Å². The van der Waals surface area contributed by atoms with Crippen LogP contribution in [-0.2, 0) is 5.41 Å². The quantitative estimate of drug-likeness (QED) is 0.161. The van der Waals surface area contributed by atoms with E-state index in [1.807, 2.05) is 0 Å². The van der Waals surface area contributed by atoms with Gasteiger partial charge in [0.05, 0.1) is 0 Å². The molecule has 1 aliphatic carbocycles. The standard InChI is InChI=1S/C55H38/c1-55(2)49-27-15-14-18-39(49)40-33-32-38(34-50(40)55)54-47-25-12-10-23-45(47)53(46-24-11-13-26-48(46)54)37-30-28-36(29-31-37)52-43-21-8-6-19-41(43)51(35-16-4-3-5-17-35)42-20-7-9-22-44(42)52/h3-34H,1-2H3. The first-order valence-electron chi connectivity index (χ1n) is 19.4. The smallest absolute Gasteiger partial charge is 0.0159 e. The fraction of sp³-hybridized carbons (Fsp3) is 0.0545. The van der Waals surface area contributed by atoms with Gasteiger partial charge in [-0.2, -0.15) is 0 Å². The fourth-order valence-corrected chi connectivity index (χ4v) is 9.77. The molecule has 0 bridgehead atoms. The zero-order chi connectivity index (χ0) is 36.7. The average Bonchev–Trinajstić information content (AvgIpc) is 3.47. The summed E-state index contributed by atoms with van der Waals surface area (Å²) in [5.74, 6) is 0. The minimum Gasteiger partial charge on any atom is -0.0622 e. The van der Waals surface area contributed by atoms with E-state index in [1.54, 1.807) is 0 Å². The molecule has 0 saturated heterocycles. The zero-order valence-corrected chi connectivity index (χ0v) is 31.0. The van der Waals surface area contributed by atoms with E-state index >= 15 is 0 Å². The van der Waals surface area contributed by atoms with Crippen LogP contribution >= 0.6 is 0 Å². The molecule has 0 aromatic heterocycles. The highest BCUT2D eigenvalue weighted by molar-refractivity contribution is 6.23. The largest absolute Gasteiger partial charge is 0.0622 e. The minimum absolute atomic E-state index is 0.0618. The van der Waals surface area contributed by atoms with Crippen molar-refractivity contribution in [3.63, 3.8) is 0 Å². The summed E-state index contributed by atoms with van der Waals surface area (Å²) in [7, 11) is 0. The van der Waals surface area contributed by atoms with Crippen molar-refractivity contribution < 1.29 is 0 Å². The van der Waals surface area contributed by atoms with E-state index in [1.165, 1.54) is 110 Å². The molecule has 0 amide bonds. The maximum atomic E-state index is 2.47. The van der Waals surface area contributed by atoms with Crippen molar-refractivity contribution in [2.24, 2.45) is 0 Å². The van der Waals surface area contributed by atoms with Gasteiger partial charge in [-0.25, -0.2) is 0 Å². The normalized spacial score (nSPS) is 13.1. The minimum atomic E-state index is -0.0618. The highest BCUT2D eigenvalue weighted by atomic mass is 14.4. The fourth-order valence-electron chi connectivity index (χ4n) is 9.77. The predicted octanol–water partition coefficient (Wildman–Crippen LogP) is 15.3. The van der Waals surface area contributed by atoms with Crippen molar-refractivity contribution in [3.05, 3.63) is 205 Å². The Kier molecular flexibility index (Phi) is 7.00. The van der Waals surface area contributed by atoms with Gasteiger partial charge in [0.15, 0.2) is 0 Å². The molecule has 0 heteroatoms. The molecule has 0 aliphatic heterocycles. The Morgan fingerprint density at radius 2 is 0.564 bits per heavy atom. The van der Waals surface area contributed by atoms with Crippen LogP contribution in [0.15, 0.2) is 194 Å². The van der Waals surface area contributed by atoms with Crippen molar-refractivity contribution in [1.29, 1.82) is 0 Å². The number of hydrogen-bond donors (Lipinski definition) is 0. The Morgan fingerprint density at radius 1 is 0.255 bits per heavy atom. The van der Waals surface area contributed by atoms with E-state index < -0.39 is 0 Å². The summed E-state index contributed by atoms with van der Waals surface area (Å²) >= 11 is 0. The maximum Gasteiger partial charge on any atom is 0.0159 e. The zero-order valence-electron chi connectivity index (χ0n) is 31.0. The molecule has 0 heterocycles. The number of fused-ring (bicyclic) bond motifs is 7. The average molecular weight is 699 g/mol. The molecule has 11 rings (SSSR count). The summed E-state index contributed by atoms with van der Waals surface area (Å²) in [6, 6.07) is 72.1. The molecule has 10 aromatic rings. The van der Waals surface area contributed by atoms with Crippen LogP contribution < -0.4 is 0 Å². The van der Waals surface area contributed by atoms with Crippen molar-refractivity contribution in [2.45, 2.75) is 19.3 Å². The van der Waals surface area contributed by atoms with Crippen LogP contribution in [0, 0.1) is 0 Å². The Balaban J connectivity index is 1.10. The third-order valence-corrected chi connectivity index (χ3v) is 12.3. The van der Waals surface area contributed by atoms with Gasteiger partial charge in [0.2, 0.25) is 0 Å². The molecule has 0 unspecified atom stereocenters. The van der Waals surface area contributed by atoms with Gasteiger partial charge in [-0.3, -0.25) is 0 Å². The van der Waals surface area contributed by atoms with Gasteiger partial charge in [0.25, 0.3) is 0 Å². The number of benzene rings is 10. The van der Waals surface area contributed by atoms with Gasteiger partial charge in [0, 0.05) is 5.41 Å². The van der Waals surface area contributed by atoms with Crippen LogP contribution in [0.2, 0.25) is 0 Å². The van der Waals surface area contributed by atoms with Crippen molar-refractivity contribution in [1.82, 2.24) is 0 Å². The van der Waals surface area contributed by atoms with Crippen molar-refractivity contribution >= 4 is 43.1 Å². The maximum absolute atomic E-state index is 2.47. The van der Waals surface area contributed by atoms with Gasteiger partial charge >= 0.3 is 0 Å². The Morgan fingerprint density at radius 3 is 1.00 bits per heavy atom. The molecule has 0 radical (unpaired) electrons. The van der Waals surface area contributed by atoms with Crippen molar-refractivity contribution in [3.8, 4) is 55.6 Å². The van der Waals surface area contributed by atoms with Crippen LogP contribution in [-0.4, -0.2) is 0 Å². The predicted molar refractivity (Wildman–Crippen MR) is 236 cm³/mol. The first-order chi connectivity index (χ1) is 27.1. The topological polar surface area (TPSA) is 0 Å². The van der Waals surface area contributed by atoms with Gasteiger partial charge in [0.1, 0.15) is 0 Å². The van der Waals surface area contributed by atoms with Crippen LogP contribution in [0.5, 0.6) is 0 Å². The molecule has 0 spiro atoms. The van der Waals surface area contributed by atoms with Crippen LogP contribution in [0.4, 0.5) is 0 Å². The van der Waals surface area contributed by atoms with E-state index in [4.69, 9.17) is 0 Å². The Labute approximate surface area is 322 Å². The molecule has 0 saturated carbocycles. The molecule has 0 N–H and O–H groups in total. The van der Waals surface area contributed by atoms with Gasteiger partial charge in [-0.05, 0) is 116 Å². The molecule has 0 atom stereocenters. The first-order valence-corrected chi connectivity index (χ1v) is 19.4. The molecule has 10 aromatic carbocycles. The van der Waals surface area contributed by atoms with E-state index in [0.29, 0.717) is 0 Å². The monoisotopic (exact) mass is 698 g/mol. The Bertz CT molecular complexity index is 3030. The number of hydrogen-bond acceptors (Lipinski definition) is 0. The Hall–Kier alpha value is -6.76. The third kappa shape index (κ3) is 4.71. The lowest BCUT2D eigenvalue weighted by Crippen LogP contribution is -2.14. The lowest BCUT2D eigenvalue weighted by Gasteiger charge is -2.23. The van der Waals surface area contributed by atoms with E-state index in [0.717, 1.165) is 0 Å². The lowest BCUT2D eigenvalue weighted by molar-refractivity contribution is 0.660. The van der Waals surface area contributed by atoms with Gasteiger partial charge in [-0.1, -0.05) is 202 Å². The van der Waals surface area contributed by atoms with E-state index in [9.17, 15) is 0 Å². The van der Waals surface area contributed by atoms with Gasteiger partial charge < -0.3 is 0 Å². The van der Waals surface area contributed by atoms with Crippen LogP contribution in [0.3, 0.4) is 0 Å². The SMILES string of the molecule is CC1(C)c2ccccc2-c2ccc(-c3c4ccccc4c(-c4ccc(-c5c6ccccc6c(-c6ccccc6)c6ccccc56)cc4)c4ccccc34)cc21. The second kappa shape index (κ2) is 12.1. The van der Waals surface area contributed by atoms with E-state index in [2.05, 4.69) is 208 Å². The summed E-state index contributed by atoms with van der Waals surface area (Å²) in [5.41, 5.74) is 15.6. The summed E-state index contributed by atoms with van der Waals surface area (Å²) in [6.07, 6.45) is 0. The highest BCUT2D eigenvalue weighted by Crippen LogP contribution is 2.51. The molecule has 0 nitrogen and oxygen atoms in total. The third-order valence-electron chi connectivity index (χ3n) is 12.3. The molecule has 55 heavy (non-hydrogen) atoms. The molecular formula is C55H38. The summed E-state index contributed by atoms with van der Waals surface area (Å²) < 4.78 is 0. The molecule has 1 aliphatic rings. The summed E-state index contributed by atoms with van der Waals surface area (Å²) in [5, 5.41) is 10.2. The van der Waals surface area contributed by atoms with Crippen LogP contribution in [0.25, 0.3) is 98.7 Å². The molecule has 0 fully saturated rings. The number of rotatable bonds is 4. The summed E-state index contributed by atoms with van der Waals surface area (Å²) in [6.45, 7) is 4.74. The van der Waals surface area contributed by atoms with Crippen molar-refractivity contribution in [2.75, 3.05) is 0 Å². The second-order valence-corrected chi connectivity index (χ2v) is 15.6. The molecule has 258 valence electrons. The highest BCUT2D eigenvalue weighted by Gasteiger charge is 2.35. The first kappa shape index (κ1) is 31.7. The second-order valence-electron chi connectivity index (χ2n) is 15.6.